The van der Waals surface area contributed by atoms with Crippen LogP contribution in [0.4, 0.5) is 0 Å². The summed E-state index contributed by atoms with van der Waals surface area (Å²) in [6.45, 7) is 7.47. The molecule has 19 heavy (non-hydrogen) atoms. The summed E-state index contributed by atoms with van der Waals surface area (Å²) in [5.74, 6) is 0.249. The van der Waals surface area contributed by atoms with Gasteiger partial charge in [0.15, 0.2) is 0 Å². The Morgan fingerprint density at radius 2 is 2.16 bits per heavy atom. The Kier molecular flexibility index (Phi) is 6.28. The Morgan fingerprint density at radius 3 is 2.74 bits per heavy atom. The molecule has 5 heteroatoms. The van der Waals surface area contributed by atoms with Gasteiger partial charge in [0, 0.05) is 32.2 Å². The van der Waals surface area contributed by atoms with Crippen molar-refractivity contribution >= 4 is 11.8 Å². The third-order valence-electron chi connectivity index (χ3n) is 3.35. The fraction of sp³-hybridized carbons (Fsp3) is 0.857. The third kappa shape index (κ3) is 5.19. The number of carbonyl (C=O) groups excluding carboxylic acids is 2. The van der Waals surface area contributed by atoms with E-state index < -0.39 is 0 Å². The van der Waals surface area contributed by atoms with Crippen LogP contribution in [0.15, 0.2) is 0 Å². The number of carbonyl (C=O) groups is 2. The number of rotatable bonds is 7. The lowest BCUT2D eigenvalue weighted by Crippen LogP contribution is -2.38. The van der Waals surface area contributed by atoms with Crippen molar-refractivity contribution in [1.82, 2.24) is 10.2 Å². The molecule has 1 heterocycles. The predicted molar refractivity (Wildman–Crippen MR) is 73.4 cm³/mol. The molecule has 2 atom stereocenters. The first kappa shape index (κ1) is 16.0. The molecule has 0 bridgehead atoms. The van der Waals surface area contributed by atoms with Crippen molar-refractivity contribution in [2.45, 2.75) is 46.1 Å². The van der Waals surface area contributed by atoms with E-state index in [0.29, 0.717) is 25.3 Å². The first-order valence-corrected chi connectivity index (χ1v) is 7.13. The monoisotopic (exact) mass is 270 g/mol. The molecule has 1 aliphatic heterocycles. The fourth-order valence-corrected chi connectivity index (χ4v) is 2.40. The van der Waals surface area contributed by atoms with Crippen LogP contribution >= 0.6 is 0 Å². The summed E-state index contributed by atoms with van der Waals surface area (Å²) in [4.78, 5) is 25.6. The van der Waals surface area contributed by atoms with Gasteiger partial charge in [-0.1, -0.05) is 13.8 Å². The zero-order chi connectivity index (χ0) is 14.4. The van der Waals surface area contributed by atoms with Gasteiger partial charge in [-0.3, -0.25) is 9.59 Å². The second-order valence-corrected chi connectivity index (χ2v) is 5.87. The van der Waals surface area contributed by atoms with E-state index in [1.807, 2.05) is 6.92 Å². The number of likely N-dealkylation sites (tertiary alicyclic amines) is 1. The molecule has 0 aromatic heterocycles. The van der Waals surface area contributed by atoms with Crippen LogP contribution in [0.25, 0.3) is 0 Å². The van der Waals surface area contributed by atoms with Gasteiger partial charge < -0.3 is 15.3 Å². The van der Waals surface area contributed by atoms with Crippen molar-refractivity contribution in [2.24, 2.45) is 11.8 Å². The second kappa shape index (κ2) is 7.48. The van der Waals surface area contributed by atoms with Crippen LogP contribution in [-0.2, 0) is 9.59 Å². The van der Waals surface area contributed by atoms with Gasteiger partial charge >= 0.3 is 0 Å². The summed E-state index contributed by atoms with van der Waals surface area (Å²) in [6, 6.07) is 0.0499. The number of nitrogens with one attached hydrogen (secondary N) is 1. The summed E-state index contributed by atoms with van der Waals surface area (Å²) in [5, 5.41) is 11.7. The molecule has 0 saturated carbocycles. The van der Waals surface area contributed by atoms with E-state index >= 15 is 0 Å². The van der Waals surface area contributed by atoms with E-state index in [4.69, 9.17) is 5.11 Å². The lowest BCUT2D eigenvalue weighted by atomic mass is 10.1. The van der Waals surface area contributed by atoms with Crippen molar-refractivity contribution in [1.29, 1.82) is 0 Å². The molecule has 0 aromatic rings. The summed E-state index contributed by atoms with van der Waals surface area (Å²) in [7, 11) is 0. The van der Waals surface area contributed by atoms with E-state index in [9.17, 15) is 9.59 Å². The first-order valence-electron chi connectivity index (χ1n) is 7.13. The molecule has 0 spiro atoms. The van der Waals surface area contributed by atoms with Crippen molar-refractivity contribution in [2.75, 3.05) is 19.7 Å². The van der Waals surface area contributed by atoms with Crippen LogP contribution in [-0.4, -0.2) is 47.6 Å². The average Bonchev–Trinajstić information content (AvgIpc) is 2.67. The Hall–Kier alpha value is -1.10. The van der Waals surface area contributed by atoms with E-state index in [1.165, 1.54) is 0 Å². The van der Waals surface area contributed by atoms with Gasteiger partial charge in [-0.25, -0.2) is 0 Å². The second-order valence-electron chi connectivity index (χ2n) is 5.87. The largest absolute Gasteiger partial charge is 0.396 e. The zero-order valence-corrected chi connectivity index (χ0v) is 12.2. The van der Waals surface area contributed by atoms with Gasteiger partial charge in [0.2, 0.25) is 11.8 Å². The van der Waals surface area contributed by atoms with Crippen molar-refractivity contribution in [3.63, 3.8) is 0 Å². The quantitative estimate of drug-likeness (QED) is 0.718. The molecular weight excluding hydrogens is 244 g/mol. The van der Waals surface area contributed by atoms with Crippen molar-refractivity contribution in [3.05, 3.63) is 0 Å². The minimum Gasteiger partial charge on any atom is -0.396 e. The number of aliphatic hydroxyl groups excluding tert-OH is 1. The molecule has 110 valence electrons. The van der Waals surface area contributed by atoms with Gasteiger partial charge in [-0.15, -0.1) is 0 Å². The third-order valence-corrected chi connectivity index (χ3v) is 3.35. The molecule has 2 amide bonds. The minimum atomic E-state index is -0.220. The van der Waals surface area contributed by atoms with Gasteiger partial charge in [0.1, 0.15) is 0 Å². The molecule has 1 rings (SSSR count). The number of nitrogens with zero attached hydrogens (tertiary/aromatic N) is 1. The molecule has 5 nitrogen and oxygen atoms in total. The molecular formula is C14H26N2O3. The maximum absolute atomic E-state index is 12.0. The lowest BCUT2D eigenvalue weighted by molar-refractivity contribution is -0.129. The zero-order valence-electron chi connectivity index (χ0n) is 12.2. The highest BCUT2D eigenvalue weighted by Crippen LogP contribution is 2.19. The molecule has 0 radical (unpaired) electrons. The van der Waals surface area contributed by atoms with Crippen LogP contribution in [0.2, 0.25) is 0 Å². The SMILES string of the molecule is CC(C)CN1CC(C(=O)NC(C)CCCO)CC1=O. The highest BCUT2D eigenvalue weighted by molar-refractivity contribution is 5.89. The highest BCUT2D eigenvalue weighted by Gasteiger charge is 2.34. The van der Waals surface area contributed by atoms with Crippen LogP contribution < -0.4 is 5.32 Å². The summed E-state index contributed by atoms with van der Waals surface area (Å²) >= 11 is 0. The number of hydrogen-bond acceptors (Lipinski definition) is 3. The fourth-order valence-electron chi connectivity index (χ4n) is 2.40. The van der Waals surface area contributed by atoms with Gasteiger partial charge in [-0.05, 0) is 25.7 Å². The van der Waals surface area contributed by atoms with Gasteiger partial charge in [0.25, 0.3) is 0 Å². The van der Waals surface area contributed by atoms with Crippen molar-refractivity contribution in [3.8, 4) is 0 Å². The van der Waals surface area contributed by atoms with E-state index in [-0.39, 0.29) is 30.4 Å². The molecule has 2 unspecified atom stereocenters. The summed E-state index contributed by atoms with van der Waals surface area (Å²) in [6.07, 6.45) is 1.77. The summed E-state index contributed by atoms with van der Waals surface area (Å²) in [5.41, 5.74) is 0. The Bertz CT molecular complexity index is 318. The standard InChI is InChI=1S/C14H26N2O3/c1-10(2)8-16-9-12(7-13(16)18)14(19)15-11(3)5-4-6-17/h10-12,17H,4-9H2,1-3H3,(H,15,19). The van der Waals surface area contributed by atoms with Gasteiger partial charge in [0.05, 0.1) is 5.92 Å². The Morgan fingerprint density at radius 1 is 1.47 bits per heavy atom. The average molecular weight is 270 g/mol. The van der Waals surface area contributed by atoms with Crippen LogP contribution in [0, 0.1) is 11.8 Å². The van der Waals surface area contributed by atoms with Crippen LogP contribution in [0.1, 0.15) is 40.0 Å². The predicted octanol–water partition coefficient (Wildman–Crippen LogP) is 0.768. The smallest absolute Gasteiger partial charge is 0.225 e. The minimum absolute atomic E-state index is 0.0370. The van der Waals surface area contributed by atoms with Gasteiger partial charge in [-0.2, -0.15) is 0 Å². The number of aliphatic hydroxyl groups is 1. The molecule has 1 fully saturated rings. The lowest BCUT2D eigenvalue weighted by Gasteiger charge is -2.19. The number of amides is 2. The molecule has 1 aliphatic rings. The maximum atomic E-state index is 12.0. The van der Waals surface area contributed by atoms with Crippen molar-refractivity contribution < 1.29 is 14.7 Å². The van der Waals surface area contributed by atoms with Crippen LogP contribution in [0.5, 0.6) is 0 Å². The first-order chi connectivity index (χ1) is 8.93. The number of hydrogen-bond donors (Lipinski definition) is 2. The Labute approximate surface area is 115 Å². The van der Waals surface area contributed by atoms with E-state index in [2.05, 4.69) is 19.2 Å². The molecule has 1 saturated heterocycles. The van der Waals surface area contributed by atoms with E-state index in [0.717, 1.165) is 13.0 Å². The maximum Gasteiger partial charge on any atom is 0.225 e. The van der Waals surface area contributed by atoms with Crippen LogP contribution in [0.3, 0.4) is 0 Å². The topological polar surface area (TPSA) is 69.6 Å². The highest BCUT2D eigenvalue weighted by atomic mass is 16.3. The van der Waals surface area contributed by atoms with E-state index in [1.54, 1.807) is 4.90 Å². The molecule has 0 aromatic carbocycles. The summed E-state index contributed by atoms with van der Waals surface area (Å²) < 4.78 is 0. The Balaban J connectivity index is 2.40. The molecule has 2 N–H and O–H groups in total. The molecule has 0 aliphatic carbocycles. The normalized spacial score (nSPS) is 21.0.